The van der Waals surface area contributed by atoms with Crippen LogP contribution in [-0.4, -0.2) is 49.7 Å². The molecule has 192 valence electrons. The third kappa shape index (κ3) is 9.66. The molecule has 0 aromatic heterocycles. The Bertz CT molecular complexity index is 991. The van der Waals surface area contributed by atoms with Crippen LogP contribution >= 0.6 is 63.7 Å². The van der Waals surface area contributed by atoms with Crippen LogP contribution in [0.5, 0.6) is 11.5 Å². The van der Waals surface area contributed by atoms with Crippen molar-refractivity contribution in [3.05, 3.63) is 53.3 Å². The minimum absolute atomic E-state index is 0.00612. The summed E-state index contributed by atoms with van der Waals surface area (Å²) in [4.78, 5) is 12.6. The van der Waals surface area contributed by atoms with Gasteiger partial charge in [-0.15, -0.1) is 0 Å². The average Bonchev–Trinajstić information content (AvgIpc) is 2.81. The second-order valence-electron chi connectivity index (χ2n) is 7.49. The minimum Gasteiger partial charge on any atom is -0.491 e. The molecule has 0 saturated carbocycles. The van der Waals surface area contributed by atoms with Crippen LogP contribution in [0.3, 0.4) is 0 Å². The van der Waals surface area contributed by atoms with Gasteiger partial charge in [0.15, 0.2) is 0 Å². The summed E-state index contributed by atoms with van der Waals surface area (Å²) in [6.45, 7) is 2.50. The standard InChI is InChI=1S/C23H28Br4N4O4/c24-16-9-14(10-17(25)21(16)34-7-1-4-28)3-6-30-23(32)20(31-33)13-15-11-18(26)22(19(27)12-15)35-8-2-5-29/h9-12,33H,1-8,13,28-29H2,(H,30,32)/b31-20-. The van der Waals surface area contributed by atoms with Crippen LogP contribution in [0.1, 0.15) is 24.0 Å². The lowest BCUT2D eigenvalue weighted by Crippen LogP contribution is -2.33. The molecule has 2 aromatic rings. The van der Waals surface area contributed by atoms with Crippen molar-refractivity contribution in [2.75, 3.05) is 32.8 Å². The number of ether oxygens (including phenoxy) is 2. The van der Waals surface area contributed by atoms with Crippen LogP contribution in [0.25, 0.3) is 0 Å². The summed E-state index contributed by atoms with van der Waals surface area (Å²) in [5.41, 5.74) is 12.8. The van der Waals surface area contributed by atoms with Crippen molar-refractivity contribution in [1.29, 1.82) is 0 Å². The zero-order valence-electron chi connectivity index (χ0n) is 19.0. The maximum atomic E-state index is 12.6. The van der Waals surface area contributed by atoms with E-state index in [9.17, 15) is 10.0 Å². The first kappa shape index (κ1) is 30.0. The van der Waals surface area contributed by atoms with Crippen LogP contribution in [0, 0.1) is 0 Å². The summed E-state index contributed by atoms with van der Waals surface area (Å²) in [7, 11) is 0. The summed E-state index contributed by atoms with van der Waals surface area (Å²) in [5.74, 6) is 0.930. The lowest BCUT2D eigenvalue weighted by Gasteiger charge is -2.13. The fourth-order valence-electron chi connectivity index (χ4n) is 3.04. The Hall–Kier alpha value is -1.18. The van der Waals surface area contributed by atoms with Gasteiger partial charge in [-0.2, -0.15) is 0 Å². The van der Waals surface area contributed by atoms with Gasteiger partial charge in [0, 0.05) is 13.0 Å². The normalized spacial score (nSPS) is 11.4. The number of rotatable bonds is 14. The highest BCUT2D eigenvalue weighted by molar-refractivity contribution is 9.11. The summed E-state index contributed by atoms with van der Waals surface area (Å²) < 4.78 is 14.6. The summed E-state index contributed by atoms with van der Waals surface area (Å²) in [5, 5.41) is 15.5. The number of carbonyl (C=O) groups excluding carboxylic acids is 1. The van der Waals surface area contributed by atoms with Crippen molar-refractivity contribution in [3.63, 3.8) is 0 Å². The molecule has 8 nitrogen and oxygen atoms in total. The molecule has 0 atom stereocenters. The molecule has 0 fully saturated rings. The van der Waals surface area contributed by atoms with Gasteiger partial charge in [-0.1, -0.05) is 5.16 Å². The summed E-state index contributed by atoms with van der Waals surface area (Å²) >= 11 is 14.0. The summed E-state index contributed by atoms with van der Waals surface area (Å²) in [6.07, 6.45) is 2.23. The molecule has 0 bridgehead atoms. The first-order valence-corrected chi connectivity index (χ1v) is 14.1. The van der Waals surface area contributed by atoms with Gasteiger partial charge in [-0.3, -0.25) is 4.79 Å². The monoisotopic (exact) mass is 740 g/mol. The van der Waals surface area contributed by atoms with E-state index in [-0.39, 0.29) is 12.1 Å². The van der Waals surface area contributed by atoms with Crippen LogP contribution in [0.2, 0.25) is 0 Å². The number of oxime groups is 1. The number of nitrogens with one attached hydrogen (secondary N) is 1. The van der Waals surface area contributed by atoms with Gasteiger partial charge >= 0.3 is 0 Å². The molecule has 2 rings (SSSR count). The van der Waals surface area contributed by atoms with Gasteiger partial charge in [0.1, 0.15) is 17.2 Å². The van der Waals surface area contributed by atoms with E-state index in [0.717, 1.165) is 41.9 Å². The molecular weight excluding hydrogens is 716 g/mol. The van der Waals surface area contributed by atoms with Crippen molar-refractivity contribution in [2.24, 2.45) is 16.6 Å². The number of nitrogens with two attached hydrogens (primary N) is 2. The molecular formula is C23H28Br4N4O4. The first-order chi connectivity index (χ1) is 16.8. The minimum atomic E-state index is -0.442. The number of nitrogens with zero attached hydrogens (tertiary/aromatic N) is 1. The van der Waals surface area contributed by atoms with Gasteiger partial charge in [0.2, 0.25) is 0 Å². The van der Waals surface area contributed by atoms with Gasteiger partial charge in [0.25, 0.3) is 5.91 Å². The molecule has 0 spiro atoms. The first-order valence-electron chi connectivity index (χ1n) is 10.9. The molecule has 1 amide bonds. The highest BCUT2D eigenvalue weighted by atomic mass is 79.9. The molecule has 0 unspecified atom stereocenters. The van der Waals surface area contributed by atoms with Gasteiger partial charge in [-0.05, 0) is 131 Å². The lowest BCUT2D eigenvalue weighted by molar-refractivity contribution is -0.115. The second-order valence-corrected chi connectivity index (χ2v) is 10.9. The third-order valence-electron chi connectivity index (χ3n) is 4.76. The predicted octanol–water partition coefficient (Wildman–Crippen LogP) is 4.92. The molecule has 0 heterocycles. The third-order valence-corrected chi connectivity index (χ3v) is 7.12. The molecule has 0 saturated heterocycles. The van der Waals surface area contributed by atoms with Crippen LogP contribution in [0.15, 0.2) is 47.3 Å². The molecule has 35 heavy (non-hydrogen) atoms. The number of benzene rings is 2. The predicted molar refractivity (Wildman–Crippen MR) is 152 cm³/mol. The van der Waals surface area contributed by atoms with E-state index < -0.39 is 5.91 Å². The lowest BCUT2D eigenvalue weighted by atomic mass is 10.1. The largest absolute Gasteiger partial charge is 0.491 e. The Morgan fingerprint density at radius 2 is 1.31 bits per heavy atom. The molecule has 0 aliphatic heterocycles. The second kappa shape index (κ2) is 15.8. The van der Waals surface area contributed by atoms with Gasteiger partial charge in [0.05, 0.1) is 31.1 Å². The molecule has 0 aliphatic rings. The molecule has 0 aliphatic carbocycles. The maximum absolute atomic E-state index is 12.6. The molecule has 6 N–H and O–H groups in total. The van der Waals surface area contributed by atoms with E-state index in [1.807, 2.05) is 24.3 Å². The van der Waals surface area contributed by atoms with Gasteiger partial charge < -0.3 is 31.5 Å². The quantitative estimate of drug-likeness (QED) is 0.0941. The Morgan fingerprint density at radius 3 is 1.74 bits per heavy atom. The van der Waals surface area contributed by atoms with E-state index in [0.29, 0.717) is 50.8 Å². The highest BCUT2D eigenvalue weighted by Crippen LogP contribution is 2.36. The van der Waals surface area contributed by atoms with E-state index in [1.165, 1.54) is 0 Å². The van der Waals surface area contributed by atoms with Crippen molar-refractivity contribution >= 4 is 75.3 Å². The topological polar surface area (TPSA) is 132 Å². The molecule has 0 radical (unpaired) electrons. The van der Waals surface area contributed by atoms with Crippen LogP contribution < -0.4 is 26.3 Å². The smallest absolute Gasteiger partial charge is 0.269 e. The Balaban J connectivity index is 1.94. The van der Waals surface area contributed by atoms with E-state index in [1.54, 1.807) is 0 Å². The van der Waals surface area contributed by atoms with Crippen LogP contribution in [-0.2, 0) is 17.6 Å². The number of hydrogen-bond donors (Lipinski definition) is 4. The fraction of sp³-hybridized carbons (Fsp3) is 0.391. The Morgan fingerprint density at radius 1 is 0.857 bits per heavy atom. The van der Waals surface area contributed by atoms with Crippen molar-refractivity contribution in [2.45, 2.75) is 25.7 Å². The Kier molecular flexibility index (Phi) is 13.6. The number of amides is 1. The highest BCUT2D eigenvalue weighted by Gasteiger charge is 2.16. The van der Waals surface area contributed by atoms with Gasteiger partial charge in [-0.25, -0.2) is 0 Å². The molecule has 2 aromatic carbocycles. The number of carbonyl (C=O) groups is 1. The number of hydrogen-bond acceptors (Lipinski definition) is 7. The van der Waals surface area contributed by atoms with Crippen LogP contribution in [0.4, 0.5) is 0 Å². The Labute approximate surface area is 238 Å². The molecule has 12 heteroatoms. The van der Waals surface area contributed by atoms with Crippen molar-refractivity contribution in [1.82, 2.24) is 5.32 Å². The van der Waals surface area contributed by atoms with Crippen molar-refractivity contribution < 1.29 is 19.5 Å². The maximum Gasteiger partial charge on any atom is 0.269 e. The SMILES string of the molecule is NCCCOc1c(Br)cc(CCNC(=O)/C(Cc2cc(Br)c(OCCCN)c(Br)c2)=N\O)cc1Br. The fourth-order valence-corrected chi connectivity index (χ4v) is 6.06. The zero-order valence-corrected chi connectivity index (χ0v) is 25.3. The van der Waals surface area contributed by atoms with E-state index in [4.69, 9.17) is 20.9 Å². The van der Waals surface area contributed by atoms with E-state index >= 15 is 0 Å². The zero-order chi connectivity index (χ0) is 25.8. The average molecular weight is 744 g/mol. The van der Waals surface area contributed by atoms with Crippen molar-refractivity contribution in [3.8, 4) is 11.5 Å². The summed E-state index contributed by atoms with van der Waals surface area (Å²) in [6, 6.07) is 7.55. The number of halogens is 4. The van der Waals surface area contributed by atoms with E-state index in [2.05, 4.69) is 74.2 Å².